The van der Waals surface area contributed by atoms with Gasteiger partial charge >= 0.3 is 5.97 Å². The minimum absolute atomic E-state index is 0.000284. The fraction of sp³-hybridized carbons (Fsp3) is 0.333. The number of imide groups is 1. The first-order valence-electron chi connectivity index (χ1n) is 11.6. The molecule has 2 heterocycles. The van der Waals surface area contributed by atoms with Crippen LogP contribution in [0.2, 0.25) is 0 Å². The first kappa shape index (κ1) is 23.0. The average molecular weight is 477 g/mol. The van der Waals surface area contributed by atoms with Crippen LogP contribution < -0.4 is 14.5 Å². The van der Waals surface area contributed by atoms with Gasteiger partial charge in [-0.1, -0.05) is 11.6 Å². The summed E-state index contributed by atoms with van der Waals surface area (Å²) < 4.78 is 18.7. The molecule has 3 amide bonds. The Labute approximate surface area is 202 Å². The number of halogens is 1. The summed E-state index contributed by atoms with van der Waals surface area (Å²) in [5, 5.41) is 0. The number of carbonyl (C=O) groups excluding carboxylic acids is 4. The average Bonchev–Trinajstić information content (AvgIpc) is 3.32. The van der Waals surface area contributed by atoms with Gasteiger partial charge in [-0.15, -0.1) is 0 Å². The van der Waals surface area contributed by atoms with Gasteiger partial charge in [0.25, 0.3) is 0 Å². The number of benzene rings is 2. The molecule has 1 aliphatic carbocycles. The quantitative estimate of drug-likeness (QED) is 0.289. The highest BCUT2D eigenvalue weighted by Gasteiger charge is 2.49. The molecule has 0 N–H and O–H groups in total. The maximum Gasteiger partial charge on any atom is 0.316 e. The topological polar surface area (TPSA) is 84.0 Å². The third kappa shape index (κ3) is 4.13. The first-order valence-corrected chi connectivity index (χ1v) is 11.6. The predicted molar refractivity (Wildman–Crippen MR) is 126 cm³/mol. The molecule has 2 saturated heterocycles. The summed E-state index contributed by atoms with van der Waals surface area (Å²) in [4.78, 5) is 53.9. The molecule has 3 aliphatic rings. The van der Waals surface area contributed by atoms with Crippen molar-refractivity contribution in [1.29, 1.82) is 0 Å². The standard InChI is InChI=1S/C27H25FN2O5/c1-15-3-9-21-22(11-15)26(33)30(25(21)32)23-10-8-20(12-16(23)2)35-27(34)17-13-24(31)29(14-17)19-6-4-18(28)5-7-19/h3-8,10,12,17,21-22H,9,11,13-14H2,1-2H3/t17-,21+,22-/m1/s1. The SMILES string of the molecule is CC1=CC[C@@H]2C(=O)N(c3ccc(OC(=O)[C@@H]4CC(=O)N(c5ccc(F)cc5)C4)cc3C)C(=O)[C@@H]2C1. The second kappa shape index (κ2) is 8.76. The fourth-order valence-corrected chi connectivity index (χ4v) is 5.15. The number of carbonyl (C=O) groups is 4. The second-order valence-corrected chi connectivity index (χ2v) is 9.47. The number of allylic oxidation sites excluding steroid dienone is 2. The number of esters is 1. The molecule has 0 saturated carbocycles. The highest BCUT2D eigenvalue weighted by atomic mass is 19.1. The van der Waals surface area contributed by atoms with Crippen molar-refractivity contribution in [3.05, 3.63) is 65.5 Å². The lowest BCUT2D eigenvalue weighted by Crippen LogP contribution is -2.31. The number of aryl methyl sites for hydroxylation is 1. The van der Waals surface area contributed by atoms with E-state index in [9.17, 15) is 23.6 Å². The molecule has 35 heavy (non-hydrogen) atoms. The normalized spacial score (nSPS) is 24.0. The number of fused-ring (bicyclic) bond motifs is 1. The van der Waals surface area contributed by atoms with Crippen molar-refractivity contribution in [2.45, 2.75) is 33.1 Å². The summed E-state index contributed by atoms with van der Waals surface area (Å²) in [7, 11) is 0. The molecule has 2 fully saturated rings. The second-order valence-electron chi connectivity index (χ2n) is 9.47. The van der Waals surface area contributed by atoms with Gasteiger partial charge in [0.1, 0.15) is 11.6 Å². The molecule has 180 valence electrons. The summed E-state index contributed by atoms with van der Waals surface area (Å²) >= 11 is 0. The maximum atomic E-state index is 13.2. The Bertz CT molecular complexity index is 1270. The zero-order chi connectivity index (χ0) is 24.9. The third-order valence-corrected chi connectivity index (χ3v) is 7.05. The molecule has 2 aliphatic heterocycles. The summed E-state index contributed by atoms with van der Waals surface area (Å²) in [6.07, 6.45) is 3.19. The van der Waals surface area contributed by atoms with E-state index in [1.54, 1.807) is 25.1 Å². The number of amides is 3. The Morgan fingerprint density at radius 2 is 1.69 bits per heavy atom. The molecule has 8 heteroatoms. The van der Waals surface area contributed by atoms with E-state index in [4.69, 9.17) is 4.74 Å². The molecular formula is C27H25FN2O5. The fourth-order valence-electron chi connectivity index (χ4n) is 5.15. The van der Waals surface area contributed by atoms with Crippen LogP contribution in [0.3, 0.4) is 0 Å². The Morgan fingerprint density at radius 1 is 0.971 bits per heavy atom. The summed E-state index contributed by atoms with van der Waals surface area (Å²) in [5.41, 5.74) is 2.77. The molecule has 2 aromatic rings. The van der Waals surface area contributed by atoms with Crippen LogP contribution in [-0.2, 0) is 19.2 Å². The smallest absolute Gasteiger partial charge is 0.316 e. The minimum atomic E-state index is -0.659. The van der Waals surface area contributed by atoms with Gasteiger partial charge < -0.3 is 9.64 Å². The Kier molecular flexibility index (Phi) is 5.75. The van der Waals surface area contributed by atoms with Gasteiger partial charge in [-0.2, -0.15) is 0 Å². The van der Waals surface area contributed by atoms with Crippen LogP contribution in [0.25, 0.3) is 0 Å². The van der Waals surface area contributed by atoms with Gasteiger partial charge in [0, 0.05) is 18.7 Å². The maximum absolute atomic E-state index is 13.2. The molecule has 0 aromatic heterocycles. The Morgan fingerprint density at radius 3 is 2.40 bits per heavy atom. The van der Waals surface area contributed by atoms with E-state index in [0.29, 0.717) is 29.8 Å². The molecule has 0 bridgehead atoms. The molecular weight excluding hydrogens is 451 g/mol. The highest BCUT2D eigenvalue weighted by molar-refractivity contribution is 6.22. The van der Waals surface area contributed by atoms with Gasteiger partial charge in [0.05, 0.1) is 23.4 Å². The third-order valence-electron chi connectivity index (χ3n) is 7.05. The van der Waals surface area contributed by atoms with Crippen LogP contribution in [0.5, 0.6) is 5.75 Å². The highest BCUT2D eigenvalue weighted by Crippen LogP contribution is 2.41. The van der Waals surface area contributed by atoms with E-state index < -0.39 is 17.7 Å². The minimum Gasteiger partial charge on any atom is -0.426 e. The molecule has 0 unspecified atom stereocenters. The molecule has 3 atom stereocenters. The van der Waals surface area contributed by atoms with Crippen LogP contribution >= 0.6 is 0 Å². The van der Waals surface area contributed by atoms with Crippen molar-refractivity contribution in [3.63, 3.8) is 0 Å². The summed E-state index contributed by atoms with van der Waals surface area (Å²) in [6.45, 7) is 3.88. The Balaban J connectivity index is 1.28. The number of nitrogens with zero attached hydrogens (tertiary/aromatic N) is 2. The van der Waals surface area contributed by atoms with Gasteiger partial charge in [0.15, 0.2) is 0 Å². The van der Waals surface area contributed by atoms with Crippen LogP contribution in [-0.4, -0.2) is 30.2 Å². The van der Waals surface area contributed by atoms with Crippen molar-refractivity contribution in [3.8, 4) is 5.75 Å². The molecule has 0 radical (unpaired) electrons. The lowest BCUT2D eigenvalue weighted by molar-refractivity contribution is -0.139. The van der Waals surface area contributed by atoms with Crippen LogP contribution in [0.15, 0.2) is 54.1 Å². The van der Waals surface area contributed by atoms with E-state index in [1.165, 1.54) is 34.1 Å². The van der Waals surface area contributed by atoms with Crippen LogP contribution in [0.4, 0.5) is 15.8 Å². The van der Waals surface area contributed by atoms with Crippen molar-refractivity contribution in [1.82, 2.24) is 0 Å². The van der Waals surface area contributed by atoms with Crippen molar-refractivity contribution < 1.29 is 28.3 Å². The zero-order valence-electron chi connectivity index (χ0n) is 19.5. The number of hydrogen-bond acceptors (Lipinski definition) is 5. The molecule has 7 nitrogen and oxygen atoms in total. The largest absolute Gasteiger partial charge is 0.426 e. The lowest BCUT2D eigenvalue weighted by Gasteiger charge is -2.19. The van der Waals surface area contributed by atoms with Gasteiger partial charge in [-0.05, 0) is 74.7 Å². The zero-order valence-corrected chi connectivity index (χ0v) is 19.5. The Hall–Kier alpha value is -3.81. The van der Waals surface area contributed by atoms with E-state index >= 15 is 0 Å². The molecule has 0 spiro atoms. The van der Waals surface area contributed by atoms with Crippen LogP contribution in [0.1, 0.15) is 31.7 Å². The molecule has 2 aromatic carbocycles. The first-order chi connectivity index (χ1) is 16.7. The molecule has 5 rings (SSSR count). The van der Waals surface area contributed by atoms with E-state index in [2.05, 4.69) is 0 Å². The van der Waals surface area contributed by atoms with Crippen molar-refractivity contribution in [2.75, 3.05) is 16.3 Å². The monoisotopic (exact) mass is 476 g/mol. The van der Waals surface area contributed by atoms with E-state index in [1.807, 2.05) is 13.0 Å². The van der Waals surface area contributed by atoms with Crippen molar-refractivity contribution >= 4 is 35.1 Å². The predicted octanol–water partition coefficient (Wildman–Crippen LogP) is 3.94. The summed E-state index contributed by atoms with van der Waals surface area (Å²) in [6, 6.07) is 10.3. The van der Waals surface area contributed by atoms with Crippen molar-refractivity contribution in [2.24, 2.45) is 17.8 Å². The van der Waals surface area contributed by atoms with Gasteiger partial charge in [-0.3, -0.25) is 19.2 Å². The lowest BCUT2D eigenvalue weighted by atomic mass is 9.82. The number of rotatable bonds is 4. The number of hydrogen-bond donors (Lipinski definition) is 0. The van der Waals surface area contributed by atoms with Gasteiger partial charge in [0.2, 0.25) is 17.7 Å². The number of anilines is 2. The summed E-state index contributed by atoms with van der Waals surface area (Å²) in [5.74, 6) is -2.60. The van der Waals surface area contributed by atoms with Gasteiger partial charge in [-0.25, -0.2) is 9.29 Å². The van der Waals surface area contributed by atoms with E-state index in [-0.39, 0.29) is 48.3 Å². The van der Waals surface area contributed by atoms with E-state index in [0.717, 1.165) is 5.57 Å². The van der Waals surface area contributed by atoms with Crippen LogP contribution in [0, 0.1) is 30.5 Å². The number of ether oxygens (including phenoxy) is 1.